The summed E-state index contributed by atoms with van der Waals surface area (Å²) in [5.74, 6) is 1.22. The predicted molar refractivity (Wildman–Crippen MR) is 106 cm³/mol. The first-order chi connectivity index (χ1) is 13.2. The summed E-state index contributed by atoms with van der Waals surface area (Å²) in [6.07, 6.45) is 7.67. The summed E-state index contributed by atoms with van der Waals surface area (Å²) in [6, 6.07) is 0. The number of likely N-dealkylation sites (tertiary alicyclic amines) is 1. The van der Waals surface area contributed by atoms with Gasteiger partial charge < -0.3 is 14.2 Å². The van der Waals surface area contributed by atoms with E-state index in [1.54, 1.807) is 12.4 Å². The van der Waals surface area contributed by atoms with Crippen LogP contribution < -0.4 is 0 Å². The smallest absolute Gasteiger partial charge is 0.227 e. The van der Waals surface area contributed by atoms with E-state index in [0.29, 0.717) is 24.8 Å². The van der Waals surface area contributed by atoms with Crippen molar-refractivity contribution >= 4 is 9.84 Å². The molecular weight excluding hydrogens is 378 g/mol. The SMILES string of the molecule is CC(C)Cn1c(CN2CCC(C(O)c3nccn3C)CC2)cnc1S(C)(=O)=O. The average Bonchev–Trinajstić information content (AvgIpc) is 3.21. The number of aliphatic hydroxyl groups is 1. The number of sulfone groups is 1. The van der Waals surface area contributed by atoms with Gasteiger partial charge in [0.1, 0.15) is 11.9 Å². The van der Waals surface area contributed by atoms with Crippen molar-refractivity contribution in [1.82, 2.24) is 24.0 Å². The molecular formula is C19H31N5O3S. The lowest BCUT2D eigenvalue weighted by Crippen LogP contribution is -2.36. The van der Waals surface area contributed by atoms with Crippen molar-refractivity contribution in [3.63, 3.8) is 0 Å². The number of imidazole rings is 2. The van der Waals surface area contributed by atoms with Crippen LogP contribution in [0.3, 0.4) is 0 Å². The Morgan fingerprint density at radius 3 is 2.46 bits per heavy atom. The van der Waals surface area contributed by atoms with Gasteiger partial charge in [-0.25, -0.2) is 18.4 Å². The molecule has 1 fully saturated rings. The van der Waals surface area contributed by atoms with Gasteiger partial charge in [0.25, 0.3) is 0 Å². The first kappa shape index (κ1) is 21.0. The van der Waals surface area contributed by atoms with Crippen molar-refractivity contribution in [1.29, 1.82) is 0 Å². The van der Waals surface area contributed by atoms with Gasteiger partial charge >= 0.3 is 0 Å². The molecule has 1 aliphatic rings. The maximum Gasteiger partial charge on any atom is 0.227 e. The van der Waals surface area contributed by atoms with Crippen molar-refractivity contribution < 1.29 is 13.5 Å². The van der Waals surface area contributed by atoms with E-state index >= 15 is 0 Å². The van der Waals surface area contributed by atoms with Crippen LogP contribution in [0.25, 0.3) is 0 Å². The van der Waals surface area contributed by atoms with Crippen LogP contribution >= 0.6 is 0 Å². The average molecular weight is 410 g/mol. The van der Waals surface area contributed by atoms with Crippen LogP contribution in [0.2, 0.25) is 0 Å². The van der Waals surface area contributed by atoms with E-state index in [-0.39, 0.29) is 11.1 Å². The number of piperidine rings is 1. The predicted octanol–water partition coefficient (Wildman–Crippen LogP) is 1.62. The van der Waals surface area contributed by atoms with Crippen molar-refractivity contribution in [2.45, 2.75) is 51.0 Å². The molecule has 9 heteroatoms. The number of aryl methyl sites for hydroxylation is 1. The molecule has 1 unspecified atom stereocenters. The molecule has 1 N–H and O–H groups in total. The molecule has 0 radical (unpaired) electrons. The number of nitrogens with zero attached hydrogens (tertiary/aromatic N) is 5. The Bertz CT molecular complexity index is 895. The van der Waals surface area contributed by atoms with Crippen LogP contribution in [0.4, 0.5) is 0 Å². The Kier molecular flexibility index (Phi) is 6.26. The molecule has 3 rings (SSSR count). The molecule has 1 saturated heterocycles. The van der Waals surface area contributed by atoms with Crippen LogP contribution in [-0.4, -0.2) is 56.9 Å². The maximum absolute atomic E-state index is 12.1. The minimum Gasteiger partial charge on any atom is -0.385 e. The Balaban J connectivity index is 1.66. The summed E-state index contributed by atoms with van der Waals surface area (Å²) in [5.41, 5.74) is 0.928. The van der Waals surface area contributed by atoms with Crippen LogP contribution in [0, 0.1) is 11.8 Å². The molecule has 2 aromatic heterocycles. The largest absolute Gasteiger partial charge is 0.385 e. The van der Waals surface area contributed by atoms with Crippen LogP contribution in [0.5, 0.6) is 0 Å². The van der Waals surface area contributed by atoms with Gasteiger partial charge in [0.2, 0.25) is 15.0 Å². The van der Waals surface area contributed by atoms with Gasteiger partial charge in [-0.15, -0.1) is 0 Å². The zero-order valence-corrected chi connectivity index (χ0v) is 17.9. The summed E-state index contributed by atoms with van der Waals surface area (Å²) in [4.78, 5) is 10.8. The third-order valence-electron chi connectivity index (χ3n) is 5.37. The molecule has 1 aliphatic heterocycles. The quantitative estimate of drug-likeness (QED) is 0.747. The lowest BCUT2D eigenvalue weighted by Gasteiger charge is -2.34. The summed E-state index contributed by atoms with van der Waals surface area (Å²) in [5, 5.41) is 10.8. The number of rotatable bonds is 7. The summed E-state index contributed by atoms with van der Waals surface area (Å²) < 4.78 is 27.8. The fourth-order valence-electron chi connectivity index (χ4n) is 3.90. The highest BCUT2D eigenvalue weighted by Crippen LogP contribution is 2.30. The molecule has 0 saturated carbocycles. The Morgan fingerprint density at radius 1 is 1.25 bits per heavy atom. The lowest BCUT2D eigenvalue weighted by molar-refractivity contribution is 0.0485. The van der Waals surface area contributed by atoms with E-state index in [4.69, 9.17) is 0 Å². The van der Waals surface area contributed by atoms with Crippen molar-refractivity contribution in [3.05, 3.63) is 30.1 Å². The summed E-state index contributed by atoms with van der Waals surface area (Å²) in [6.45, 7) is 7.15. The third-order valence-corrected chi connectivity index (χ3v) is 6.36. The monoisotopic (exact) mass is 409 g/mol. The fraction of sp³-hybridized carbons (Fsp3) is 0.684. The Hall–Kier alpha value is -1.71. The van der Waals surface area contributed by atoms with Gasteiger partial charge in [0.15, 0.2) is 0 Å². The lowest BCUT2D eigenvalue weighted by atomic mass is 9.90. The van der Waals surface area contributed by atoms with Crippen molar-refractivity contribution in [2.75, 3.05) is 19.3 Å². The van der Waals surface area contributed by atoms with Gasteiger partial charge in [-0.1, -0.05) is 13.8 Å². The summed E-state index contributed by atoms with van der Waals surface area (Å²) in [7, 11) is -1.46. The minimum absolute atomic E-state index is 0.149. The molecule has 28 heavy (non-hydrogen) atoms. The molecule has 0 aromatic carbocycles. The topological polar surface area (TPSA) is 93.2 Å². The van der Waals surface area contributed by atoms with E-state index in [1.807, 2.05) is 22.4 Å². The van der Waals surface area contributed by atoms with Crippen LogP contribution in [-0.2, 0) is 30.0 Å². The van der Waals surface area contributed by atoms with E-state index in [1.165, 1.54) is 6.26 Å². The molecule has 0 bridgehead atoms. The zero-order chi connectivity index (χ0) is 20.5. The number of hydrogen-bond donors (Lipinski definition) is 1. The van der Waals surface area contributed by atoms with Gasteiger partial charge in [-0.2, -0.15) is 0 Å². The van der Waals surface area contributed by atoms with E-state index < -0.39 is 15.9 Å². The minimum atomic E-state index is -3.36. The normalized spacial score (nSPS) is 18.1. The maximum atomic E-state index is 12.1. The fourth-order valence-corrected chi connectivity index (χ4v) is 4.74. The second kappa shape index (κ2) is 8.34. The highest BCUT2D eigenvalue weighted by molar-refractivity contribution is 7.90. The second-order valence-corrected chi connectivity index (χ2v) is 10.2. The third kappa shape index (κ3) is 4.64. The standard InChI is InChI=1S/C19H31N5O3S/c1-14(2)12-24-16(11-21-19(24)28(4,26)27)13-23-8-5-15(6-9-23)17(25)18-20-7-10-22(18)3/h7,10-11,14-15,17,25H,5-6,8-9,12-13H2,1-4H3. The Morgan fingerprint density at radius 2 is 1.93 bits per heavy atom. The van der Waals surface area contributed by atoms with Crippen LogP contribution in [0.15, 0.2) is 23.7 Å². The van der Waals surface area contributed by atoms with Gasteiger partial charge in [-0.3, -0.25) is 4.90 Å². The molecule has 1 atom stereocenters. The summed E-state index contributed by atoms with van der Waals surface area (Å²) >= 11 is 0. The second-order valence-electron chi connectivity index (χ2n) is 8.26. The van der Waals surface area contributed by atoms with Crippen LogP contribution in [0.1, 0.15) is 44.3 Å². The molecule has 156 valence electrons. The van der Waals surface area contributed by atoms with Crippen molar-refractivity contribution in [2.24, 2.45) is 18.9 Å². The first-order valence-corrected chi connectivity index (χ1v) is 11.7. The number of aromatic nitrogens is 4. The highest BCUT2D eigenvalue weighted by atomic mass is 32.2. The molecule has 0 amide bonds. The first-order valence-electron chi connectivity index (χ1n) is 9.79. The molecule has 0 aliphatic carbocycles. The molecule has 8 nitrogen and oxygen atoms in total. The number of hydrogen-bond acceptors (Lipinski definition) is 6. The molecule has 2 aromatic rings. The van der Waals surface area contributed by atoms with Crippen molar-refractivity contribution in [3.8, 4) is 0 Å². The number of aliphatic hydroxyl groups excluding tert-OH is 1. The molecule has 3 heterocycles. The van der Waals surface area contributed by atoms with Gasteiger partial charge in [0.05, 0.1) is 11.9 Å². The zero-order valence-electron chi connectivity index (χ0n) is 17.1. The van der Waals surface area contributed by atoms with E-state index in [2.05, 4.69) is 28.7 Å². The van der Waals surface area contributed by atoms with Gasteiger partial charge in [0, 0.05) is 38.8 Å². The van der Waals surface area contributed by atoms with Gasteiger partial charge in [-0.05, 0) is 37.8 Å². The molecule has 0 spiro atoms. The highest BCUT2D eigenvalue weighted by Gasteiger charge is 2.29. The Labute approximate surface area is 167 Å². The van der Waals surface area contributed by atoms with E-state index in [0.717, 1.165) is 31.6 Å². The van der Waals surface area contributed by atoms with E-state index in [9.17, 15) is 13.5 Å².